The number of hydroxylamine groups is 1. The zero-order chi connectivity index (χ0) is 24.7. The summed E-state index contributed by atoms with van der Waals surface area (Å²) in [5.41, 5.74) is 2.55. The molecule has 172 valence electrons. The summed E-state index contributed by atoms with van der Waals surface area (Å²) in [6.45, 7) is 2.58. The van der Waals surface area contributed by atoms with E-state index in [0.29, 0.717) is 34.4 Å². The molecule has 0 bridgehead atoms. The predicted octanol–water partition coefficient (Wildman–Crippen LogP) is 4.18. The van der Waals surface area contributed by atoms with E-state index in [1.165, 1.54) is 18.3 Å². The minimum atomic E-state index is -0.747. The lowest BCUT2D eigenvalue weighted by molar-refractivity contribution is -0.113. The number of rotatable bonds is 8. The minimum absolute atomic E-state index is 0.0196. The van der Waals surface area contributed by atoms with Gasteiger partial charge in [-0.2, -0.15) is 5.26 Å². The first-order valence-electron chi connectivity index (χ1n) is 10.5. The number of nitriles is 1. The predicted molar refractivity (Wildman–Crippen MR) is 134 cm³/mol. The van der Waals surface area contributed by atoms with Crippen molar-refractivity contribution >= 4 is 33.9 Å². The van der Waals surface area contributed by atoms with Crippen molar-refractivity contribution < 1.29 is 9.53 Å². The van der Waals surface area contributed by atoms with E-state index in [1.54, 1.807) is 37.3 Å². The summed E-state index contributed by atoms with van der Waals surface area (Å²) in [7, 11) is 3.71. The van der Waals surface area contributed by atoms with Crippen molar-refractivity contribution in [2.45, 2.75) is 6.92 Å². The van der Waals surface area contributed by atoms with Gasteiger partial charge in [0.05, 0.1) is 29.1 Å². The Bertz CT molecular complexity index is 1320. The van der Waals surface area contributed by atoms with Crippen LogP contribution in [0.25, 0.3) is 10.9 Å². The fourth-order valence-electron chi connectivity index (χ4n) is 3.24. The Balaban J connectivity index is 2.13. The van der Waals surface area contributed by atoms with E-state index in [1.807, 2.05) is 25.1 Å². The molecule has 8 heteroatoms. The third-order valence-corrected chi connectivity index (χ3v) is 4.82. The number of ether oxygens (including phenoxy) is 1. The van der Waals surface area contributed by atoms with E-state index in [4.69, 9.17) is 11.2 Å². The van der Waals surface area contributed by atoms with Crippen LogP contribution in [0.15, 0.2) is 54.7 Å². The van der Waals surface area contributed by atoms with Crippen LogP contribution >= 0.6 is 0 Å². The molecule has 2 aromatic carbocycles. The quantitative estimate of drug-likeness (QED) is 0.309. The van der Waals surface area contributed by atoms with Crippen LogP contribution in [0, 0.1) is 28.9 Å². The van der Waals surface area contributed by atoms with Gasteiger partial charge in [0.25, 0.3) is 0 Å². The van der Waals surface area contributed by atoms with Crippen LogP contribution in [0.4, 0.5) is 17.1 Å². The maximum absolute atomic E-state index is 13.0. The fraction of sp³-hybridized carbons (Fsp3) is 0.192. The SMILES string of the molecule is C#Cc1cccc(Nc2c(C#N)cnc3cc(OCC)c(N([O-])C(=O)/C=C/CN(C)C)cc23)c1. The number of hydrogen-bond acceptors (Lipinski definition) is 7. The van der Waals surface area contributed by atoms with Crippen LogP contribution in [0.3, 0.4) is 0 Å². The van der Waals surface area contributed by atoms with Crippen molar-refractivity contribution in [2.24, 2.45) is 0 Å². The van der Waals surface area contributed by atoms with Crippen LogP contribution in [-0.4, -0.2) is 43.0 Å². The van der Waals surface area contributed by atoms with Gasteiger partial charge in [0.1, 0.15) is 11.8 Å². The number of benzene rings is 2. The minimum Gasteiger partial charge on any atom is -0.751 e. The molecule has 1 heterocycles. The maximum Gasteiger partial charge on any atom is 0.240 e. The molecule has 0 radical (unpaired) electrons. The molecule has 0 spiro atoms. The Labute approximate surface area is 198 Å². The highest BCUT2D eigenvalue weighted by molar-refractivity contribution is 6.06. The van der Waals surface area contributed by atoms with Gasteiger partial charge in [-0.1, -0.05) is 18.1 Å². The number of pyridine rings is 1. The first kappa shape index (κ1) is 24.3. The molecule has 0 unspecified atom stereocenters. The number of aromatic nitrogens is 1. The lowest BCUT2D eigenvalue weighted by Gasteiger charge is -2.29. The lowest BCUT2D eigenvalue weighted by Crippen LogP contribution is -2.23. The summed E-state index contributed by atoms with van der Waals surface area (Å²) < 4.78 is 5.63. The Morgan fingerprint density at radius 1 is 1.32 bits per heavy atom. The second-order valence-corrected chi connectivity index (χ2v) is 7.58. The molecule has 34 heavy (non-hydrogen) atoms. The van der Waals surface area contributed by atoms with E-state index in [9.17, 15) is 15.3 Å². The fourth-order valence-corrected chi connectivity index (χ4v) is 3.24. The summed E-state index contributed by atoms with van der Waals surface area (Å²) in [5, 5.41) is 26.6. The van der Waals surface area contributed by atoms with Gasteiger partial charge in [-0.3, -0.25) is 9.78 Å². The summed E-state index contributed by atoms with van der Waals surface area (Å²) >= 11 is 0. The van der Waals surface area contributed by atoms with Gasteiger partial charge in [0.15, 0.2) is 0 Å². The Hall–Kier alpha value is -4.37. The third kappa shape index (κ3) is 5.51. The number of nitrogens with zero attached hydrogens (tertiary/aromatic N) is 4. The highest BCUT2D eigenvalue weighted by Gasteiger charge is 2.16. The molecule has 3 rings (SSSR count). The summed E-state index contributed by atoms with van der Waals surface area (Å²) in [4.78, 5) is 18.7. The van der Waals surface area contributed by atoms with E-state index in [0.717, 1.165) is 0 Å². The molecule has 8 nitrogen and oxygen atoms in total. The average Bonchev–Trinajstić information content (AvgIpc) is 2.83. The second kappa shape index (κ2) is 11.0. The summed E-state index contributed by atoms with van der Waals surface area (Å²) in [5.74, 6) is 2.04. The van der Waals surface area contributed by atoms with Crippen molar-refractivity contribution in [1.82, 2.24) is 9.88 Å². The molecule has 0 aliphatic carbocycles. The molecule has 0 saturated carbocycles. The van der Waals surface area contributed by atoms with E-state index < -0.39 is 5.91 Å². The number of anilines is 3. The number of likely N-dealkylation sites (N-methyl/N-ethyl adjacent to an activating group) is 1. The van der Waals surface area contributed by atoms with E-state index >= 15 is 0 Å². The van der Waals surface area contributed by atoms with Gasteiger partial charge in [-0.05, 0) is 51.4 Å². The number of nitrogens with one attached hydrogen (secondary N) is 1. The molecular formula is C26H24N5O3-. The molecule has 1 amide bonds. The van der Waals surface area contributed by atoms with Crippen LogP contribution in [0.2, 0.25) is 0 Å². The summed E-state index contributed by atoms with van der Waals surface area (Å²) in [6.07, 6.45) is 9.77. The number of terminal acetylenes is 1. The van der Waals surface area contributed by atoms with Gasteiger partial charge in [0.2, 0.25) is 5.91 Å². The lowest BCUT2D eigenvalue weighted by atomic mass is 10.1. The van der Waals surface area contributed by atoms with Gasteiger partial charge in [0, 0.05) is 35.4 Å². The highest BCUT2D eigenvalue weighted by atomic mass is 16.5. The second-order valence-electron chi connectivity index (χ2n) is 7.58. The smallest absolute Gasteiger partial charge is 0.240 e. The van der Waals surface area contributed by atoms with Crippen molar-refractivity contribution in [3.05, 3.63) is 71.1 Å². The molecule has 0 fully saturated rings. The Morgan fingerprint density at radius 2 is 2.12 bits per heavy atom. The Kier molecular flexibility index (Phi) is 7.83. The average molecular weight is 455 g/mol. The molecule has 0 atom stereocenters. The van der Waals surface area contributed by atoms with Gasteiger partial charge in [-0.15, -0.1) is 6.42 Å². The zero-order valence-corrected chi connectivity index (χ0v) is 19.2. The normalized spacial score (nSPS) is 10.8. The van der Waals surface area contributed by atoms with E-state index in [-0.39, 0.29) is 28.7 Å². The number of carbonyl (C=O) groups is 1. The number of amides is 1. The maximum atomic E-state index is 13.0. The third-order valence-electron chi connectivity index (χ3n) is 4.82. The molecule has 1 aromatic heterocycles. The topological polar surface area (TPSA) is 105 Å². The monoisotopic (exact) mass is 454 g/mol. The standard InChI is InChI=1S/C26H24N5O3/c1-5-18-9-7-10-20(13-18)29-26-19(16-27)17-28-22-15-24(34-6-2)23(14-21(22)26)31(33)25(32)11-8-12-30(3)4/h1,7-11,13-15,17H,6,12H2,2-4H3,(H,28,29)/q-1/b11-8+. The van der Waals surface area contributed by atoms with Crippen molar-refractivity contribution in [3.8, 4) is 24.2 Å². The summed E-state index contributed by atoms with van der Waals surface area (Å²) in [6, 6.07) is 12.4. The first-order valence-corrected chi connectivity index (χ1v) is 10.5. The van der Waals surface area contributed by atoms with Crippen LogP contribution in [-0.2, 0) is 4.79 Å². The van der Waals surface area contributed by atoms with Crippen molar-refractivity contribution in [1.29, 1.82) is 5.26 Å². The largest absolute Gasteiger partial charge is 0.751 e. The van der Waals surface area contributed by atoms with Crippen molar-refractivity contribution in [3.63, 3.8) is 0 Å². The molecule has 0 saturated heterocycles. The first-order chi connectivity index (χ1) is 16.4. The number of hydrogen-bond donors (Lipinski definition) is 1. The molecule has 0 aliphatic heterocycles. The molecule has 3 aromatic rings. The zero-order valence-electron chi connectivity index (χ0n) is 19.2. The number of fused-ring (bicyclic) bond motifs is 1. The van der Waals surface area contributed by atoms with Gasteiger partial charge < -0.3 is 25.2 Å². The molecule has 0 aliphatic rings. The van der Waals surface area contributed by atoms with Crippen LogP contribution < -0.4 is 15.1 Å². The highest BCUT2D eigenvalue weighted by Crippen LogP contribution is 2.37. The van der Waals surface area contributed by atoms with Crippen LogP contribution in [0.1, 0.15) is 18.1 Å². The Morgan fingerprint density at radius 3 is 2.79 bits per heavy atom. The van der Waals surface area contributed by atoms with Crippen molar-refractivity contribution in [2.75, 3.05) is 37.6 Å². The van der Waals surface area contributed by atoms with E-state index in [2.05, 4.69) is 22.3 Å². The van der Waals surface area contributed by atoms with Gasteiger partial charge in [-0.25, -0.2) is 0 Å². The van der Waals surface area contributed by atoms with Crippen LogP contribution in [0.5, 0.6) is 5.75 Å². The number of carbonyl (C=O) groups excluding carboxylic acids is 1. The molecule has 1 N–H and O–H groups in total. The van der Waals surface area contributed by atoms with Gasteiger partial charge >= 0.3 is 0 Å². The molecular weight excluding hydrogens is 430 g/mol.